The Kier molecular flexibility index (Phi) is 4.00. The van der Waals surface area contributed by atoms with Crippen molar-refractivity contribution in [3.05, 3.63) is 35.7 Å². The second kappa shape index (κ2) is 5.12. The van der Waals surface area contributed by atoms with Gasteiger partial charge in [0.1, 0.15) is 0 Å². The number of rotatable bonds is 3. The fraction of sp³-hybridized carbons (Fsp3) is 0.250. The van der Waals surface area contributed by atoms with E-state index in [1.807, 2.05) is 0 Å². The summed E-state index contributed by atoms with van der Waals surface area (Å²) in [6, 6.07) is 3.39. The van der Waals surface area contributed by atoms with Crippen molar-refractivity contribution >= 4 is 18.1 Å². The second-order valence-electron chi connectivity index (χ2n) is 3.85. The molecule has 98 valence electrons. The predicted molar refractivity (Wildman–Crippen MR) is 67.6 cm³/mol. The van der Waals surface area contributed by atoms with E-state index in [4.69, 9.17) is 5.73 Å². The van der Waals surface area contributed by atoms with Crippen molar-refractivity contribution < 1.29 is 13.2 Å². The van der Waals surface area contributed by atoms with E-state index in [9.17, 15) is 13.2 Å². The highest BCUT2D eigenvalue weighted by atomic mass is 19.4. The van der Waals surface area contributed by atoms with Crippen molar-refractivity contribution in [3.63, 3.8) is 0 Å². The lowest BCUT2D eigenvalue weighted by Crippen LogP contribution is -2.12. The van der Waals surface area contributed by atoms with Crippen molar-refractivity contribution in [2.24, 2.45) is 4.99 Å². The smallest absolute Gasteiger partial charge is 0.399 e. The van der Waals surface area contributed by atoms with Crippen LogP contribution in [0.15, 0.2) is 35.1 Å². The van der Waals surface area contributed by atoms with E-state index in [2.05, 4.69) is 11.7 Å². The first-order chi connectivity index (χ1) is 8.24. The van der Waals surface area contributed by atoms with Gasteiger partial charge in [-0.2, -0.15) is 13.2 Å². The summed E-state index contributed by atoms with van der Waals surface area (Å²) in [5.41, 5.74) is 5.69. The molecule has 0 aliphatic carbocycles. The van der Waals surface area contributed by atoms with Gasteiger partial charge in [-0.15, -0.1) is 0 Å². The number of anilines is 2. The monoisotopic (exact) mass is 257 g/mol. The first-order valence-corrected chi connectivity index (χ1v) is 5.10. The van der Waals surface area contributed by atoms with Gasteiger partial charge in [0.05, 0.1) is 11.3 Å². The summed E-state index contributed by atoms with van der Waals surface area (Å²) < 4.78 is 37.9. The number of nitrogens with two attached hydrogens (primary N) is 1. The van der Waals surface area contributed by atoms with E-state index >= 15 is 0 Å². The van der Waals surface area contributed by atoms with E-state index < -0.39 is 11.7 Å². The lowest BCUT2D eigenvalue weighted by Gasteiger charge is -2.17. The zero-order valence-corrected chi connectivity index (χ0v) is 10.1. The summed E-state index contributed by atoms with van der Waals surface area (Å²) in [6.07, 6.45) is -2.84. The molecule has 6 heteroatoms. The van der Waals surface area contributed by atoms with Crippen LogP contribution in [0.5, 0.6) is 0 Å². The third kappa shape index (κ3) is 3.51. The Hall–Kier alpha value is -1.98. The number of nitrogen functional groups attached to an aromatic ring is 1. The van der Waals surface area contributed by atoms with E-state index in [0.29, 0.717) is 11.4 Å². The Bertz CT molecular complexity index is 478. The number of hydrogen-bond acceptors (Lipinski definition) is 3. The molecule has 0 atom stereocenters. The average Bonchev–Trinajstić information content (AvgIpc) is 2.26. The summed E-state index contributed by atoms with van der Waals surface area (Å²) in [5.74, 6) is 0. The molecule has 1 rings (SSSR count). The van der Waals surface area contributed by atoms with Gasteiger partial charge < -0.3 is 10.6 Å². The van der Waals surface area contributed by atoms with Crippen LogP contribution in [0.2, 0.25) is 0 Å². The van der Waals surface area contributed by atoms with Gasteiger partial charge in [0.2, 0.25) is 0 Å². The molecule has 0 amide bonds. The second-order valence-corrected chi connectivity index (χ2v) is 3.85. The Morgan fingerprint density at radius 1 is 1.39 bits per heavy atom. The first kappa shape index (κ1) is 14.1. The summed E-state index contributed by atoms with van der Waals surface area (Å²) in [6.45, 7) is 5.03. The van der Waals surface area contributed by atoms with E-state index in [1.54, 1.807) is 20.2 Å². The first-order valence-electron chi connectivity index (χ1n) is 5.10. The van der Waals surface area contributed by atoms with E-state index in [-0.39, 0.29) is 5.69 Å². The van der Waals surface area contributed by atoms with Gasteiger partial charge >= 0.3 is 6.18 Å². The minimum absolute atomic E-state index is 0.0595. The molecule has 0 aliphatic rings. The summed E-state index contributed by atoms with van der Waals surface area (Å²) >= 11 is 0. The normalized spacial score (nSPS) is 12.4. The molecule has 0 saturated carbocycles. The van der Waals surface area contributed by atoms with Gasteiger partial charge in [-0.3, -0.25) is 4.99 Å². The average molecular weight is 257 g/mol. The number of allylic oxidation sites excluding steroid dienone is 1. The van der Waals surface area contributed by atoms with Crippen LogP contribution >= 0.6 is 0 Å². The van der Waals surface area contributed by atoms with E-state index in [0.717, 1.165) is 12.1 Å². The number of aliphatic imine (C=N–C) groups is 1. The Balaban J connectivity index is 3.18. The van der Waals surface area contributed by atoms with Crippen LogP contribution in [-0.4, -0.2) is 13.8 Å². The van der Waals surface area contributed by atoms with Gasteiger partial charge in [0.25, 0.3) is 0 Å². The molecule has 0 aromatic heterocycles. The van der Waals surface area contributed by atoms with Crippen LogP contribution in [0.3, 0.4) is 0 Å². The van der Waals surface area contributed by atoms with Crippen molar-refractivity contribution in [1.29, 1.82) is 0 Å². The maximum Gasteiger partial charge on any atom is 0.416 e. The number of nitrogens with zero attached hydrogens (tertiary/aromatic N) is 2. The van der Waals surface area contributed by atoms with Crippen molar-refractivity contribution in [2.45, 2.75) is 13.1 Å². The van der Waals surface area contributed by atoms with Crippen molar-refractivity contribution in [2.75, 3.05) is 17.7 Å². The molecular weight excluding hydrogens is 243 g/mol. The third-order valence-electron chi connectivity index (χ3n) is 2.30. The lowest BCUT2D eigenvalue weighted by molar-refractivity contribution is -0.137. The van der Waals surface area contributed by atoms with Crippen LogP contribution in [0, 0.1) is 0 Å². The van der Waals surface area contributed by atoms with Crippen molar-refractivity contribution in [3.8, 4) is 0 Å². The molecule has 1 aromatic rings. The Morgan fingerprint density at radius 2 is 2.00 bits per heavy atom. The molecule has 0 heterocycles. The molecule has 18 heavy (non-hydrogen) atoms. The van der Waals surface area contributed by atoms with Gasteiger partial charge in [-0.1, -0.05) is 0 Å². The highest BCUT2D eigenvalue weighted by Crippen LogP contribution is 2.33. The number of hydrogen-bond donors (Lipinski definition) is 1. The number of benzene rings is 1. The maximum atomic E-state index is 12.6. The number of alkyl halides is 3. The van der Waals surface area contributed by atoms with Crippen LogP contribution in [0.1, 0.15) is 12.5 Å². The molecule has 0 bridgehead atoms. The zero-order chi connectivity index (χ0) is 13.9. The van der Waals surface area contributed by atoms with Gasteiger partial charge in [0, 0.05) is 24.6 Å². The molecule has 0 unspecified atom stereocenters. The summed E-state index contributed by atoms with van der Waals surface area (Å²) in [4.78, 5) is 5.17. The summed E-state index contributed by atoms with van der Waals surface area (Å²) in [7, 11) is 1.61. The van der Waals surface area contributed by atoms with Gasteiger partial charge in [0.15, 0.2) is 0 Å². The largest absolute Gasteiger partial charge is 0.416 e. The van der Waals surface area contributed by atoms with Crippen molar-refractivity contribution in [1.82, 2.24) is 0 Å². The predicted octanol–water partition coefficient (Wildman–Crippen LogP) is 3.29. The molecule has 0 aliphatic heterocycles. The van der Waals surface area contributed by atoms with Gasteiger partial charge in [-0.25, -0.2) is 0 Å². The third-order valence-corrected chi connectivity index (χ3v) is 2.30. The fourth-order valence-corrected chi connectivity index (χ4v) is 1.40. The van der Waals surface area contributed by atoms with Gasteiger partial charge in [-0.05, 0) is 31.8 Å². The fourth-order valence-electron chi connectivity index (χ4n) is 1.40. The molecule has 0 saturated heterocycles. The molecule has 0 spiro atoms. The maximum absolute atomic E-state index is 12.6. The van der Waals surface area contributed by atoms with Crippen LogP contribution in [-0.2, 0) is 6.18 Å². The molecule has 0 radical (unpaired) electrons. The molecule has 0 fully saturated rings. The quantitative estimate of drug-likeness (QED) is 0.667. The molecule has 2 N–H and O–H groups in total. The van der Waals surface area contributed by atoms with Crippen LogP contribution < -0.4 is 10.6 Å². The minimum atomic E-state index is -4.42. The zero-order valence-electron chi connectivity index (χ0n) is 10.1. The number of halogens is 3. The van der Waals surface area contributed by atoms with Crippen LogP contribution in [0.4, 0.5) is 24.5 Å². The Morgan fingerprint density at radius 3 is 2.50 bits per heavy atom. The Labute approximate surface area is 103 Å². The highest BCUT2D eigenvalue weighted by Gasteiger charge is 2.31. The molecule has 3 nitrogen and oxygen atoms in total. The summed E-state index contributed by atoms with van der Waals surface area (Å²) in [5, 5.41) is 0. The standard InChI is InChI=1S/C12H14F3N3/c1-8(17-2)7-18(3)11-5-9(12(13,14)15)4-10(16)6-11/h4-7H,2,16H2,1,3H3/b8-7-. The minimum Gasteiger partial charge on any atom is -0.399 e. The molecule has 1 aromatic carbocycles. The van der Waals surface area contributed by atoms with E-state index in [1.165, 1.54) is 11.0 Å². The van der Waals surface area contributed by atoms with Crippen LogP contribution in [0.25, 0.3) is 0 Å². The topological polar surface area (TPSA) is 41.6 Å². The lowest BCUT2D eigenvalue weighted by atomic mass is 10.1. The highest BCUT2D eigenvalue weighted by molar-refractivity contribution is 5.60. The SMILES string of the molecule is C=N/C(C)=C\N(C)c1cc(N)cc(C(F)(F)F)c1. The molecular formula is C12H14F3N3.